The van der Waals surface area contributed by atoms with Crippen LogP contribution < -0.4 is 0 Å². The second-order valence-electron chi connectivity index (χ2n) is 4.10. The number of hydrogen-bond donors (Lipinski definition) is 0. The summed E-state index contributed by atoms with van der Waals surface area (Å²) in [6.07, 6.45) is 1.49. The van der Waals surface area contributed by atoms with Gasteiger partial charge in [0.15, 0.2) is 16.1 Å². The fourth-order valence-corrected chi connectivity index (χ4v) is 2.76. The number of β-lactam (4-membered cyclic amide) rings is 1. The van der Waals surface area contributed by atoms with Crippen LogP contribution >= 0.6 is 0 Å². The van der Waals surface area contributed by atoms with Gasteiger partial charge in [-0.25, -0.2) is 8.42 Å². The molecule has 0 bridgehead atoms. The second kappa shape index (κ2) is 4.60. The van der Waals surface area contributed by atoms with Crippen molar-refractivity contribution in [1.29, 1.82) is 0 Å². The van der Waals surface area contributed by atoms with Crippen LogP contribution in [-0.4, -0.2) is 56.6 Å². The predicted octanol–water partition coefficient (Wildman–Crippen LogP) is -0.953. The summed E-state index contributed by atoms with van der Waals surface area (Å²) in [6.45, 7) is 0.303. The minimum Gasteiger partial charge on any atom is -0.473 e. The Hall–Kier alpha value is -1.57. The predicted molar refractivity (Wildman–Crippen MR) is 60.0 cm³/mol. The fraction of sp³-hybridized carbons (Fsp3) is 0.600. The Balaban J connectivity index is 1.91. The highest BCUT2D eigenvalue weighted by molar-refractivity contribution is 7.92. The van der Waals surface area contributed by atoms with Crippen molar-refractivity contribution in [1.82, 2.24) is 4.90 Å². The summed E-state index contributed by atoms with van der Waals surface area (Å²) in [6, 6.07) is 0. The highest BCUT2D eigenvalue weighted by Crippen LogP contribution is 2.30. The Morgan fingerprint density at radius 3 is 2.89 bits per heavy atom. The highest BCUT2D eigenvalue weighted by Gasteiger charge is 2.43. The molecule has 2 aliphatic heterocycles. The van der Waals surface area contributed by atoms with E-state index in [1.165, 1.54) is 11.0 Å². The van der Waals surface area contributed by atoms with Crippen LogP contribution in [0.15, 0.2) is 11.8 Å². The number of fused-ring (bicyclic) bond motifs is 1. The van der Waals surface area contributed by atoms with Crippen molar-refractivity contribution in [2.75, 3.05) is 25.2 Å². The van der Waals surface area contributed by atoms with Crippen molar-refractivity contribution >= 4 is 21.7 Å². The molecule has 0 aromatic carbocycles. The molecule has 0 unspecified atom stereocenters. The van der Waals surface area contributed by atoms with E-state index >= 15 is 0 Å². The molecule has 7 nitrogen and oxygen atoms in total. The maximum absolute atomic E-state index is 11.5. The average molecular weight is 275 g/mol. The van der Waals surface area contributed by atoms with Crippen LogP contribution in [-0.2, 0) is 28.9 Å². The normalized spacial score (nSPS) is 24.5. The Morgan fingerprint density at radius 1 is 1.61 bits per heavy atom. The first-order valence-corrected chi connectivity index (χ1v) is 7.16. The zero-order chi connectivity index (χ0) is 13.3. The SMILES string of the molecule is COC(=O)CS(=O)(=O)CC=C1CN2C(=O)C[C@H]2O1. The van der Waals surface area contributed by atoms with Crippen LogP contribution in [0.25, 0.3) is 0 Å². The van der Waals surface area contributed by atoms with Crippen molar-refractivity contribution in [3.05, 3.63) is 11.8 Å². The van der Waals surface area contributed by atoms with Gasteiger partial charge >= 0.3 is 5.97 Å². The van der Waals surface area contributed by atoms with Gasteiger partial charge in [-0.05, 0) is 6.08 Å². The molecule has 0 spiro atoms. The summed E-state index contributed by atoms with van der Waals surface area (Å²) in [5, 5.41) is 0. The highest BCUT2D eigenvalue weighted by atomic mass is 32.2. The van der Waals surface area contributed by atoms with Gasteiger partial charge in [-0.3, -0.25) is 14.5 Å². The van der Waals surface area contributed by atoms with Gasteiger partial charge in [0.05, 0.1) is 25.8 Å². The van der Waals surface area contributed by atoms with Crippen LogP contribution in [0, 0.1) is 0 Å². The van der Waals surface area contributed by atoms with E-state index in [9.17, 15) is 18.0 Å². The van der Waals surface area contributed by atoms with Crippen LogP contribution in [0.4, 0.5) is 0 Å². The Labute approximate surface area is 104 Å². The number of amides is 1. The maximum Gasteiger partial charge on any atom is 0.320 e. The molecule has 2 fully saturated rings. The number of carbonyl (C=O) groups excluding carboxylic acids is 2. The molecule has 1 amide bonds. The van der Waals surface area contributed by atoms with Crippen LogP contribution in [0.3, 0.4) is 0 Å². The first-order valence-electron chi connectivity index (χ1n) is 5.33. The molecule has 2 aliphatic rings. The molecule has 0 aliphatic carbocycles. The van der Waals surface area contributed by atoms with Crippen molar-refractivity contribution in [3.8, 4) is 0 Å². The number of sulfone groups is 1. The van der Waals surface area contributed by atoms with E-state index in [0.29, 0.717) is 18.7 Å². The van der Waals surface area contributed by atoms with Gasteiger partial charge in [-0.2, -0.15) is 0 Å². The molecular formula is C10H13NO6S. The monoisotopic (exact) mass is 275 g/mol. The van der Waals surface area contributed by atoms with Gasteiger partial charge in [0.2, 0.25) is 5.91 Å². The molecule has 0 aromatic heterocycles. The third-order valence-electron chi connectivity index (χ3n) is 2.76. The number of rotatable bonds is 4. The molecule has 8 heteroatoms. The summed E-state index contributed by atoms with van der Waals surface area (Å²) in [4.78, 5) is 23.5. The first-order chi connectivity index (χ1) is 8.41. The standard InChI is InChI=1S/C10H13NO6S/c1-16-10(13)6-18(14,15)3-2-7-5-11-8(12)4-9(11)17-7/h2,9H,3-6H2,1H3/t9-/m1/s1. The Kier molecular flexibility index (Phi) is 3.29. The number of methoxy groups -OCH3 is 1. The maximum atomic E-state index is 11.5. The summed E-state index contributed by atoms with van der Waals surface area (Å²) in [7, 11) is -2.41. The molecule has 0 N–H and O–H groups in total. The first kappa shape index (κ1) is 12.9. The summed E-state index contributed by atoms with van der Waals surface area (Å²) in [5.74, 6) is -1.29. The topological polar surface area (TPSA) is 90.0 Å². The minimum atomic E-state index is -3.54. The molecule has 0 aromatic rings. The molecule has 2 saturated heterocycles. The number of hydrogen-bond acceptors (Lipinski definition) is 6. The van der Waals surface area contributed by atoms with Crippen molar-refractivity contribution < 1.29 is 27.5 Å². The lowest BCUT2D eigenvalue weighted by atomic mass is 10.2. The third kappa shape index (κ3) is 2.63. The van der Waals surface area contributed by atoms with E-state index in [4.69, 9.17) is 4.74 Å². The number of esters is 1. The van der Waals surface area contributed by atoms with Crippen LogP contribution in [0.2, 0.25) is 0 Å². The molecule has 2 heterocycles. The molecule has 100 valence electrons. The smallest absolute Gasteiger partial charge is 0.320 e. The van der Waals surface area contributed by atoms with Crippen molar-refractivity contribution in [3.63, 3.8) is 0 Å². The molecule has 0 radical (unpaired) electrons. The van der Waals surface area contributed by atoms with E-state index in [2.05, 4.69) is 4.74 Å². The van der Waals surface area contributed by atoms with E-state index in [-0.39, 0.29) is 17.9 Å². The molecule has 2 rings (SSSR count). The third-order valence-corrected chi connectivity index (χ3v) is 4.11. The summed E-state index contributed by atoms with van der Waals surface area (Å²) < 4.78 is 32.7. The minimum absolute atomic E-state index is 0.000757. The van der Waals surface area contributed by atoms with Gasteiger partial charge in [-0.1, -0.05) is 0 Å². The number of nitrogens with zero attached hydrogens (tertiary/aromatic N) is 1. The van der Waals surface area contributed by atoms with Crippen LogP contribution in [0.5, 0.6) is 0 Å². The number of ether oxygens (including phenoxy) is 2. The largest absolute Gasteiger partial charge is 0.473 e. The lowest BCUT2D eigenvalue weighted by molar-refractivity contribution is -0.154. The zero-order valence-electron chi connectivity index (χ0n) is 9.79. The lowest BCUT2D eigenvalue weighted by Gasteiger charge is -2.30. The Bertz CT molecular complexity index is 508. The Morgan fingerprint density at radius 2 is 2.33 bits per heavy atom. The summed E-state index contributed by atoms with van der Waals surface area (Å²) >= 11 is 0. The molecule has 1 atom stereocenters. The van der Waals surface area contributed by atoms with E-state index in [1.54, 1.807) is 0 Å². The lowest BCUT2D eigenvalue weighted by Crippen LogP contribution is -2.48. The van der Waals surface area contributed by atoms with Crippen molar-refractivity contribution in [2.24, 2.45) is 0 Å². The van der Waals surface area contributed by atoms with Gasteiger partial charge in [0, 0.05) is 0 Å². The van der Waals surface area contributed by atoms with Gasteiger partial charge < -0.3 is 9.47 Å². The summed E-state index contributed by atoms with van der Waals surface area (Å²) in [5.41, 5.74) is 0. The van der Waals surface area contributed by atoms with Gasteiger partial charge in [-0.15, -0.1) is 0 Å². The second-order valence-corrected chi connectivity index (χ2v) is 6.21. The zero-order valence-corrected chi connectivity index (χ0v) is 10.6. The van der Waals surface area contributed by atoms with E-state index in [1.807, 2.05) is 0 Å². The number of carbonyl (C=O) groups is 2. The van der Waals surface area contributed by atoms with Crippen molar-refractivity contribution in [2.45, 2.75) is 12.6 Å². The molecule has 18 heavy (non-hydrogen) atoms. The molecule has 0 saturated carbocycles. The van der Waals surface area contributed by atoms with E-state index < -0.39 is 21.6 Å². The van der Waals surface area contributed by atoms with E-state index in [0.717, 1.165) is 7.11 Å². The van der Waals surface area contributed by atoms with Gasteiger partial charge in [0.1, 0.15) is 11.5 Å². The van der Waals surface area contributed by atoms with Crippen LogP contribution in [0.1, 0.15) is 6.42 Å². The van der Waals surface area contributed by atoms with Gasteiger partial charge in [0.25, 0.3) is 0 Å². The fourth-order valence-electron chi connectivity index (χ4n) is 1.73. The molecular weight excluding hydrogens is 262 g/mol. The quantitative estimate of drug-likeness (QED) is 0.485. The average Bonchev–Trinajstić information content (AvgIpc) is 2.63.